The summed E-state index contributed by atoms with van der Waals surface area (Å²) in [4.78, 5) is 16.0. The number of rotatable bonds is 1. The number of likely N-dealkylation sites (tertiary alicyclic amines) is 1. The number of aromatic nitrogens is 2. The molecular formula is C12H17ClN4O2. The largest absolute Gasteiger partial charge is 0.389 e. The molecule has 0 radical (unpaired) electrons. The Labute approximate surface area is 116 Å². The molecule has 3 rings (SSSR count). The quantitative estimate of drug-likeness (QED) is 0.800. The van der Waals surface area contributed by atoms with Gasteiger partial charge in [-0.2, -0.15) is 5.10 Å². The molecule has 0 unspecified atom stereocenters. The Kier molecular flexibility index (Phi) is 3.24. The molecule has 1 saturated heterocycles. The summed E-state index contributed by atoms with van der Waals surface area (Å²) in [7, 11) is 2.03. The first-order chi connectivity index (χ1) is 9.06. The number of aliphatic hydroxyl groups excluding tert-OH is 1. The zero-order valence-electron chi connectivity index (χ0n) is 10.8. The van der Waals surface area contributed by atoms with Gasteiger partial charge in [-0.05, 0) is 13.5 Å². The predicted molar refractivity (Wildman–Crippen MR) is 70.1 cm³/mol. The molecule has 0 aliphatic carbocycles. The van der Waals surface area contributed by atoms with Crippen LogP contribution in [0.4, 0.5) is 0 Å². The second-order valence-corrected chi connectivity index (χ2v) is 5.67. The van der Waals surface area contributed by atoms with Crippen LogP contribution in [0.2, 0.25) is 5.02 Å². The van der Waals surface area contributed by atoms with Gasteiger partial charge in [-0.3, -0.25) is 9.48 Å². The first-order valence-electron chi connectivity index (χ1n) is 6.47. The van der Waals surface area contributed by atoms with Gasteiger partial charge in [-0.1, -0.05) is 11.6 Å². The number of carbonyl (C=O) groups excluding carboxylic acids is 1. The fourth-order valence-corrected chi connectivity index (χ4v) is 2.82. The van der Waals surface area contributed by atoms with Gasteiger partial charge in [0.05, 0.1) is 16.8 Å². The summed E-state index contributed by atoms with van der Waals surface area (Å²) in [6.45, 7) is 3.24. The Bertz CT molecular complexity index is 510. The van der Waals surface area contributed by atoms with Crippen molar-refractivity contribution >= 4 is 17.5 Å². The Morgan fingerprint density at radius 3 is 2.84 bits per heavy atom. The van der Waals surface area contributed by atoms with E-state index in [1.807, 2.05) is 11.7 Å². The first kappa shape index (κ1) is 12.9. The van der Waals surface area contributed by atoms with E-state index >= 15 is 0 Å². The molecule has 2 aliphatic heterocycles. The van der Waals surface area contributed by atoms with Crippen LogP contribution in [0, 0.1) is 0 Å². The van der Waals surface area contributed by atoms with Crippen molar-refractivity contribution in [2.45, 2.75) is 25.6 Å². The summed E-state index contributed by atoms with van der Waals surface area (Å²) in [5.74, 6) is -0.182. The number of aryl methyl sites for hydroxylation is 1. The summed E-state index contributed by atoms with van der Waals surface area (Å²) in [5, 5.41) is 14.1. The number of halogens is 1. The number of carbonyl (C=O) groups is 1. The van der Waals surface area contributed by atoms with Crippen LogP contribution in [0.1, 0.15) is 22.6 Å². The average Bonchev–Trinajstić information content (AvgIpc) is 2.53. The Hall–Kier alpha value is -1.11. The maximum Gasteiger partial charge on any atom is 0.276 e. The van der Waals surface area contributed by atoms with Gasteiger partial charge in [0.15, 0.2) is 5.69 Å². The zero-order chi connectivity index (χ0) is 13.6. The third kappa shape index (κ3) is 2.24. The number of hydrogen-bond acceptors (Lipinski definition) is 4. The molecule has 0 spiro atoms. The van der Waals surface area contributed by atoms with Crippen LogP contribution in [-0.2, 0) is 13.1 Å². The molecule has 0 bridgehead atoms. The summed E-state index contributed by atoms with van der Waals surface area (Å²) in [6, 6.07) is 0. The normalized spacial score (nSPS) is 20.9. The number of amides is 1. The lowest BCUT2D eigenvalue weighted by molar-refractivity contribution is 0.00545. The molecular weight excluding hydrogens is 268 g/mol. The van der Waals surface area contributed by atoms with Crippen LogP contribution in [0.3, 0.4) is 0 Å². The average molecular weight is 285 g/mol. The van der Waals surface area contributed by atoms with E-state index in [1.54, 1.807) is 4.90 Å². The molecule has 1 amide bonds. The minimum Gasteiger partial charge on any atom is -0.389 e. The number of fused-ring (bicyclic) bond motifs is 1. The summed E-state index contributed by atoms with van der Waals surface area (Å²) >= 11 is 6.32. The second kappa shape index (κ2) is 4.77. The lowest BCUT2D eigenvalue weighted by Crippen LogP contribution is -2.53. The van der Waals surface area contributed by atoms with Crippen LogP contribution < -0.4 is 0 Å². The molecule has 1 aromatic rings. The standard InChI is InChI=1S/C12H17ClN4O2/c1-15-3-2-4-17-9(7-15)10(13)11(14-17)12(19)16-5-8(18)6-16/h8,18H,2-7H2,1H3. The monoisotopic (exact) mass is 284 g/mol. The third-order valence-corrected chi connectivity index (χ3v) is 4.07. The smallest absolute Gasteiger partial charge is 0.276 e. The lowest BCUT2D eigenvalue weighted by atomic mass is 10.1. The molecule has 104 valence electrons. The van der Waals surface area contributed by atoms with Crippen molar-refractivity contribution in [3.8, 4) is 0 Å². The van der Waals surface area contributed by atoms with E-state index in [-0.39, 0.29) is 5.91 Å². The van der Waals surface area contributed by atoms with E-state index in [9.17, 15) is 9.90 Å². The van der Waals surface area contributed by atoms with Crippen molar-refractivity contribution in [2.75, 3.05) is 26.7 Å². The molecule has 2 aliphatic rings. The number of hydrogen-bond donors (Lipinski definition) is 1. The predicted octanol–water partition coefficient (Wildman–Crippen LogP) is 0.189. The third-order valence-electron chi connectivity index (χ3n) is 3.68. The van der Waals surface area contributed by atoms with Crippen LogP contribution in [0.15, 0.2) is 0 Å². The molecule has 7 heteroatoms. The highest BCUT2D eigenvalue weighted by Gasteiger charge is 2.33. The second-order valence-electron chi connectivity index (χ2n) is 5.29. The van der Waals surface area contributed by atoms with Crippen molar-refractivity contribution < 1.29 is 9.90 Å². The number of nitrogens with zero attached hydrogens (tertiary/aromatic N) is 4. The van der Waals surface area contributed by atoms with Crippen molar-refractivity contribution in [1.82, 2.24) is 19.6 Å². The van der Waals surface area contributed by atoms with Crippen molar-refractivity contribution in [3.05, 3.63) is 16.4 Å². The zero-order valence-corrected chi connectivity index (χ0v) is 11.6. The van der Waals surface area contributed by atoms with E-state index in [2.05, 4.69) is 10.00 Å². The highest BCUT2D eigenvalue weighted by Crippen LogP contribution is 2.26. The molecule has 19 heavy (non-hydrogen) atoms. The Morgan fingerprint density at radius 1 is 1.42 bits per heavy atom. The molecule has 0 saturated carbocycles. The first-order valence-corrected chi connectivity index (χ1v) is 6.85. The van der Waals surface area contributed by atoms with Gasteiger partial charge in [0.25, 0.3) is 5.91 Å². The van der Waals surface area contributed by atoms with Gasteiger partial charge >= 0.3 is 0 Å². The van der Waals surface area contributed by atoms with Gasteiger partial charge in [-0.25, -0.2) is 0 Å². The summed E-state index contributed by atoms with van der Waals surface area (Å²) in [5.41, 5.74) is 1.23. The highest BCUT2D eigenvalue weighted by atomic mass is 35.5. The molecule has 0 aromatic carbocycles. The Balaban J connectivity index is 1.87. The van der Waals surface area contributed by atoms with Gasteiger partial charge < -0.3 is 14.9 Å². The van der Waals surface area contributed by atoms with E-state index in [0.717, 1.165) is 25.2 Å². The lowest BCUT2D eigenvalue weighted by Gasteiger charge is -2.35. The molecule has 1 aromatic heterocycles. The molecule has 1 fully saturated rings. The van der Waals surface area contributed by atoms with E-state index in [1.165, 1.54) is 0 Å². The Morgan fingerprint density at radius 2 is 2.16 bits per heavy atom. The van der Waals surface area contributed by atoms with Gasteiger partial charge in [-0.15, -0.1) is 0 Å². The SMILES string of the molecule is CN1CCCn2nc(C(=O)N3CC(O)C3)c(Cl)c2C1. The van der Waals surface area contributed by atoms with Crippen molar-refractivity contribution in [3.63, 3.8) is 0 Å². The fourth-order valence-electron chi connectivity index (χ4n) is 2.54. The van der Waals surface area contributed by atoms with Gasteiger partial charge in [0.2, 0.25) is 0 Å². The van der Waals surface area contributed by atoms with E-state index in [4.69, 9.17) is 11.6 Å². The molecule has 0 atom stereocenters. The topological polar surface area (TPSA) is 61.6 Å². The van der Waals surface area contributed by atoms with Crippen LogP contribution >= 0.6 is 11.6 Å². The highest BCUT2D eigenvalue weighted by molar-refractivity contribution is 6.34. The molecule has 3 heterocycles. The number of β-amino-alcohol motifs (C(OH)–C–C–N with tert-alkyl or cyclic N) is 1. The molecule has 1 N–H and O–H groups in total. The van der Waals surface area contributed by atoms with Crippen LogP contribution in [0.5, 0.6) is 0 Å². The summed E-state index contributed by atoms with van der Waals surface area (Å²) in [6.07, 6.45) is 0.590. The fraction of sp³-hybridized carbons (Fsp3) is 0.667. The minimum absolute atomic E-state index is 0.182. The summed E-state index contributed by atoms with van der Waals surface area (Å²) < 4.78 is 1.84. The maximum atomic E-state index is 12.2. The minimum atomic E-state index is -0.408. The van der Waals surface area contributed by atoms with Crippen LogP contribution in [-0.4, -0.2) is 63.4 Å². The van der Waals surface area contributed by atoms with E-state index < -0.39 is 6.10 Å². The number of aliphatic hydroxyl groups is 1. The van der Waals surface area contributed by atoms with Gasteiger partial charge in [0.1, 0.15) is 0 Å². The van der Waals surface area contributed by atoms with Crippen LogP contribution in [0.25, 0.3) is 0 Å². The van der Waals surface area contributed by atoms with E-state index in [0.29, 0.717) is 30.4 Å². The van der Waals surface area contributed by atoms with Crippen molar-refractivity contribution in [1.29, 1.82) is 0 Å². The van der Waals surface area contributed by atoms with Gasteiger partial charge in [0, 0.05) is 32.7 Å². The maximum absolute atomic E-state index is 12.2. The molecule has 6 nitrogen and oxygen atoms in total. The van der Waals surface area contributed by atoms with Crippen molar-refractivity contribution in [2.24, 2.45) is 0 Å².